The number of halogens is 2. The van der Waals surface area contributed by atoms with Crippen molar-refractivity contribution >= 4 is 46.3 Å². The molecule has 0 unspecified atom stereocenters. The molecule has 2 N–H and O–H groups in total. The Morgan fingerprint density at radius 2 is 1.75 bits per heavy atom. The molecule has 0 aliphatic rings. The summed E-state index contributed by atoms with van der Waals surface area (Å²) in [6, 6.07) is 11.3. The van der Waals surface area contributed by atoms with Gasteiger partial charge >= 0.3 is 0 Å². The van der Waals surface area contributed by atoms with Crippen LogP contribution < -0.4 is 10.6 Å². The molecule has 3 rings (SSSR count). The van der Waals surface area contributed by atoms with Gasteiger partial charge in [-0.2, -0.15) is 10.1 Å². The maximum atomic E-state index is 6.15. The van der Waals surface area contributed by atoms with Crippen LogP contribution in [0.2, 0.25) is 10.0 Å². The first-order chi connectivity index (χ1) is 11.5. The lowest BCUT2D eigenvalue weighted by Crippen LogP contribution is -2.03. The van der Waals surface area contributed by atoms with E-state index in [-0.39, 0.29) is 0 Å². The number of aryl methyl sites for hydroxylation is 2. The molecular weight excluding hydrogens is 345 g/mol. The molecular formula is C17H15Cl2N5. The van der Waals surface area contributed by atoms with Gasteiger partial charge in [0.2, 0.25) is 5.95 Å². The van der Waals surface area contributed by atoms with Crippen LogP contribution in [0.25, 0.3) is 0 Å². The first kappa shape index (κ1) is 16.5. The Balaban J connectivity index is 1.82. The minimum atomic E-state index is 0.342. The summed E-state index contributed by atoms with van der Waals surface area (Å²) in [6.07, 6.45) is 1.57. The van der Waals surface area contributed by atoms with Crippen molar-refractivity contribution in [2.24, 2.45) is 0 Å². The van der Waals surface area contributed by atoms with Gasteiger partial charge in [0.15, 0.2) is 5.82 Å². The highest BCUT2D eigenvalue weighted by Gasteiger charge is 2.06. The molecule has 2 aromatic carbocycles. The zero-order chi connectivity index (χ0) is 17.1. The van der Waals surface area contributed by atoms with Gasteiger partial charge in [-0.25, -0.2) is 0 Å². The lowest BCUT2D eigenvalue weighted by atomic mass is 10.1. The molecule has 7 heteroatoms. The van der Waals surface area contributed by atoms with E-state index in [2.05, 4.69) is 44.0 Å². The smallest absolute Gasteiger partial charge is 0.249 e. The standard InChI is InChI=1S/C17H15Cl2N5/c1-10-3-4-11(2)15(7-10)21-16-9-20-24-17(23-16)22-14-6-5-12(18)8-13(14)19/h3-9H,1-2H3,(H2,21,22,23,24). The van der Waals surface area contributed by atoms with Gasteiger partial charge in [-0.3, -0.25) is 0 Å². The SMILES string of the molecule is Cc1ccc(C)c(Nc2cnnc(Nc3ccc(Cl)cc3Cl)n2)c1. The lowest BCUT2D eigenvalue weighted by molar-refractivity contribution is 0.982. The van der Waals surface area contributed by atoms with Crippen LogP contribution in [0.4, 0.5) is 23.1 Å². The summed E-state index contributed by atoms with van der Waals surface area (Å²) in [5.74, 6) is 0.931. The predicted octanol–water partition coefficient (Wildman–Crippen LogP) is 5.28. The lowest BCUT2D eigenvalue weighted by Gasteiger charge is -2.11. The monoisotopic (exact) mass is 359 g/mol. The Labute approximate surface area is 150 Å². The van der Waals surface area contributed by atoms with Gasteiger partial charge < -0.3 is 10.6 Å². The number of hydrogen-bond acceptors (Lipinski definition) is 5. The quantitative estimate of drug-likeness (QED) is 0.663. The Bertz CT molecular complexity index is 883. The van der Waals surface area contributed by atoms with Gasteiger partial charge in [0, 0.05) is 10.7 Å². The Kier molecular flexibility index (Phi) is 4.83. The highest BCUT2D eigenvalue weighted by Crippen LogP contribution is 2.27. The fraction of sp³-hybridized carbons (Fsp3) is 0.118. The summed E-state index contributed by atoms with van der Waals surface area (Å²) in [5, 5.41) is 15.3. The number of nitrogens with one attached hydrogen (secondary N) is 2. The molecule has 24 heavy (non-hydrogen) atoms. The summed E-state index contributed by atoms with van der Waals surface area (Å²) in [6.45, 7) is 4.07. The first-order valence-corrected chi connectivity index (χ1v) is 8.03. The molecule has 1 aromatic heterocycles. The van der Waals surface area contributed by atoms with Crippen LogP contribution in [-0.2, 0) is 0 Å². The minimum Gasteiger partial charge on any atom is -0.339 e. The molecule has 1 heterocycles. The molecule has 5 nitrogen and oxygen atoms in total. The number of anilines is 4. The van der Waals surface area contributed by atoms with Crippen LogP contribution in [0.15, 0.2) is 42.6 Å². The third-order valence-corrected chi connectivity index (χ3v) is 3.94. The molecule has 0 aliphatic carbocycles. The van der Waals surface area contributed by atoms with Crippen molar-refractivity contribution in [3.8, 4) is 0 Å². The average Bonchev–Trinajstić information content (AvgIpc) is 2.54. The van der Waals surface area contributed by atoms with Crippen molar-refractivity contribution < 1.29 is 0 Å². The van der Waals surface area contributed by atoms with Gasteiger partial charge in [0.05, 0.1) is 16.9 Å². The molecule has 122 valence electrons. The predicted molar refractivity (Wildman–Crippen MR) is 98.8 cm³/mol. The third-order valence-electron chi connectivity index (χ3n) is 3.39. The van der Waals surface area contributed by atoms with E-state index in [1.165, 1.54) is 0 Å². The second-order valence-corrected chi connectivity index (χ2v) is 6.20. The van der Waals surface area contributed by atoms with E-state index in [9.17, 15) is 0 Å². The summed E-state index contributed by atoms with van der Waals surface area (Å²) < 4.78 is 0. The van der Waals surface area contributed by atoms with E-state index in [4.69, 9.17) is 23.2 Å². The highest BCUT2D eigenvalue weighted by molar-refractivity contribution is 6.36. The van der Waals surface area contributed by atoms with Crippen molar-refractivity contribution in [2.45, 2.75) is 13.8 Å². The molecule has 0 fully saturated rings. The number of aromatic nitrogens is 3. The molecule has 0 saturated carbocycles. The van der Waals surface area contributed by atoms with Crippen LogP contribution in [0, 0.1) is 13.8 Å². The van der Waals surface area contributed by atoms with E-state index >= 15 is 0 Å². The van der Waals surface area contributed by atoms with Gasteiger partial charge in [-0.1, -0.05) is 35.3 Å². The normalized spacial score (nSPS) is 10.5. The molecule has 0 aliphatic heterocycles. The van der Waals surface area contributed by atoms with Crippen LogP contribution in [0.5, 0.6) is 0 Å². The fourth-order valence-corrected chi connectivity index (χ4v) is 2.59. The zero-order valence-corrected chi connectivity index (χ0v) is 14.7. The highest BCUT2D eigenvalue weighted by atomic mass is 35.5. The summed E-state index contributed by atoms with van der Waals surface area (Å²) in [4.78, 5) is 4.41. The van der Waals surface area contributed by atoms with Gasteiger partial charge in [0.25, 0.3) is 0 Å². The van der Waals surface area contributed by atoms with E-state index in [0.29, 0.717) is 27.5 Å². The maximum absolute atomic E-state index is 6.15. The van der Waals surface area contributed by atoms with E-state index in [1.54, 1.807) is 24.4 Å². The minimum absolute atomic E-state index is 0.342. The second kappa shape index (κ2) is 7.03. The van der Waals surface area contributed by atoms with Crippen molar-refractivity contribution in [1.82, 2.24) is 15.2 Å². The molecule has 0 radical (unpaired) electrons. The van der Waals surface area contributed by atoms with Crippen molar-refractivity contribution in [3.05, 3.63) is 63.8 Å². The van der Waals surface area contributed by atoms with E-state index in [0.717, 1.165) is 16.8 Å². The van der Waals surface area contributed by atoms with E-state index in [1.807, 2.05) is 13.8 Å². The van der Waals surface area contributed by atoms with Crippen LogP contribution >= 0.6 is 23.2 Å². The molecule has 3 aromatic rings. The van der Waals surface area contributed by atoms with Gasteiger partial charge in [-0.15, -0.1) is 5.10 Å². The number of hydrogen-bond donors (Lipinski definition) is 2. The second-order valence-electron chi connectivity index (χ2n) is 5.36. The Morgan fingerprint density at radius 1 is 0.917 bits per heavy atom. The zero-order valence-electron chi connectivity index (χ0n) is 13.1. The summed E-state index contributed by atoms with van der Waals surface area (Å²) in [5.41, 5.74) is 3.92. The first-order valence-electron chi connectivity index (χ1n) is 7.27. The number of benzene rings is 2. The van der Waals surface area contributed by atoms with Crippen molar-refractivity contribution in [1.29, 1.82) is 0 Å². The van der Waals surface area contributed by atoms with Crippen LogP contribution in [0.1, 0.15) is 11.1 Å². The largest absolute Gasteiger partial charge is 0.339 e. The summed E-state index contributed by atoms with van der Waals surface area (Å²) in [7, 11) is 0. The topological polar surface area (TPSA) is 62.7 Å². The molecule has 0 atom stereocenters. The van der Waals surface area contributed by atoms with Crippen molar-refractivity contribution in [3.63, 3.8) is 0 Å². The van der Waals surface area contributed by atoms with E-state index < -0.39 is 0 Å². The fourth-order valence-electron chi connectivity index (χ4n) is 2.14. The average molecular weight is 360 g/mol. The molecule has 0 saturated heterocycles. The maximum Gasteiger partial charge on any atom is 0.249 e. The van der Waals surface area contributed by atoms with Gasteiger partial charge in [0.1, 0.15) is 0 Å². The number of rotatable bonds is 4. The molecule has 0 spiro atoms. The van der Waals surface area contributed by atoms with Crippen LogP contribution in [-0.4, -0.2) is 15.2 Å². The Hall–Kier alpha value is -2.37. The third kappa shape index (κ3) is 3.93. The number of nitrogens with zero attached hydrogens (tertiary/aromatic N) is 3. The Morgan fingerprint density at radius 3 is 2.54 bits per heavy atom. The van der Waals surface area contributed by atoms with Gasteiger partial charge in [-0.05, 0) is 49.2 Å². The van der Waals surface area contributed by atoms with Crippen LogP contribution in [0.3, 0.4) is 0 Å². The molecule has 0 bridgehead atoms. The summed E-state index contributed by atoms with van der Waals surface area (Å²) >= 11 is 12.0. The van der Waals surface area contributed by atoms with Crippen molar-refractivity contribution in [2.75, 3.05) is 10.6 Å². The molecule has 0 amide bonds.